The maximum Gasteiger partial charge on any atom is 0.322 e. The summed E-state index contributed by atoms with van der Waals surface area (Å²) in [5.74, 6) is 0.515. The van der Waals surface area contributed by atoms with E-state index in [9.17, 15) is 9.59 Å². The average Bonchev–Trinajstić information content (AvgIpc) is 2.88. The Morgan fingerprint density at radius 1 is 1.03 bits per heavy atom. The Hall–Kier alpha value is -3.97. The number of aromatic nitrogens is 2. The lowest BCUT2D eigenvalue weighted by Gasteiger charge is -2.31. The van der Waals surface area contributed by atoms with E-state index in [0.29, 0.717) is 36.4 Å². The molecule has 7 nitrogen and oxygen atoms in total. The van der Waals surface area contributed by atoms with Gasteiger partial charge >= 0.3 is 6.03 Å². The van der Waals surface area contributed by atoms with Crippen molar-refractivity contribution in [2.45, 2.75) is 33.0 Å². The van der Waals surface area contributed by atoms with Crippen LogP contribution in [0.3, 0.4) is 0 Å². The standard InChI is InChI=1S/C28H30N4O3/c1-20-11-7-9-15-24(20)30-28(34)32(19-22-12-5-4-6-13-22)21(2)26-29-25-16-10-8-14-23(25)27(33)31(26)17-18-35-3/h4-16,21H,17-19H2,1-3H3,(H,30,34). The average molecular weight is 471 g/mol. The quantitative estimate of drug-likeness (QED) is 0.387. The Bertz CT molecular complexity index is 1370. The lowest BCUT2D eigenvalue weighted by atomic mass is 10.1. The van der Waals surface area contributed by atoms with E-state index in [-0.39, 0.29) is 11.6 Å². The zero-order chi connectivity index (χ0) is 24.8. The molecule has 1 heterocycles. The summed E-state index contributed by atoms with van der Waals surface area (Å²) in [5, 5.41) is 3.58. The Kier molecular flexibility index (Phi) is 7.57. The highest BCUT2D eigenvalue weighted by Crippen LogP contribution is 2.24. The zero-order valence-corrected chi connectivity index (χ0v) is 20.3. The van der Waals surface area contributed by atoms with Crippen LogP contribution < -0.4 is 10.9 Å². The van der Waals surface area contributed by atoms with Crippen LogP contribution in [0.25, 0.3) is 10.9 Å². The molecule has 7 heteroatoms. The van der Waals surface area contributed by atoms with Crippen molar-refractivity contribution in [2.75, 3.05) is 19.0 Å². The van der Waals surface area contributed by atoms with Crippen LogP contribution in [0.4, 0.5) is 10.5 Å². The molecule has 4 rings (SSSR count). The van der Waals surface area contributed by atoms with Gasteiger partial charge in [0.2, 0.25) is 0 Å². The van der Waals surface area contributed by atoms with E-state index < -0.39 is 6.04 Å². The maximum atomic E-state index is 13.6. The summed E-state index contributed by atoms with van der Waals surface area (Å²) in [4.78, 5) is 33.6. The zero-order valence-electron chi connectivity index (χ0n) is 20.3. The topological polar surface area (TPSA) is 76.5 Å². The number of anilines is 1. The van der Waals surface area contributed by atoms with Crippen LogP contribution >= 0.6 is 0 Å². The Morgan fingerprint density at radius 3 is 2.46 bits per heavy atom. The first-order chi connectivity index (χ1) is 17.0. The third-order valence-electron chi connectivity index (χ3n) is 6.09. The molecule has 0 aliphatic carbocycles. The molecule has 1 unspecified atom stereocenters. The molecule has 180 valence electrons. The number of aryl methyl sites for hydroxylation is 1. The molecule has 1 N–H and O–H groups in total. The predicted octanol–water partition coefficient (Wildman–Crippen LogP) is 5.15. The van der Waals surface area contributed by atoms with Gasteiger partial charge in [0.25, 0.3) is 5.56 Å². The molecule has 0 fully saturated rings. The molecule has 2 amide bonds. The van der Waals surface area contributed by atoms with Gasteiger partial charge in [0.05, 0.1) is 30.1 Å². The Morgan fingerprint density at radius 2 is 1.71 bits per heavy atom. The molecule has 35 heavy (non-hydrogen) atoms. The fraction of sp³-hybridized carbons (Fsp3) is 0.250. The van der Waals surface area contributed by atoms with Crippen LogP contribution in [-0.2, 0) is 17.8 Å². The highest BCUT2D eigenvalue weighted by atomic mass is 16.5. The smallest absolute Gasteiger partial charge is 0.322 e. The number of nitrogens with zero attached hydrogens (tertiary/aromatic N) is 3. The first-order valence-electron chi connectivity index (χ1n) is 11.6. The predicted molar refractivity (Wildman–Crippen MR) is 138 cm³/mol. The first kappa shape index (κ1) is 24.2. The SMILES string of the molecule is COCCn1c(C(C)N(Cc2ccccc2)C(=O)Nc2ccccc2C)nc2ccccc2c1=O. The number of methoxy groups -OCH3 is 1. The number of benzene rings is 3. The number of fused-ring (bicyclic) bond motifs is 1. The van der Waals surface area contributed by atoms with Crippen molar-refractivity contribution in [2.24, 2.45) is 0 Å². The molecular weight excluding hydrogens is 440 g/mol. The van der Waals surface area contributed by atoms with Crippen LogP contribution in [0.15, 0.2) is 83.7 Å². The number of hydrogen-bond acceptors (Lipinski definition) is 4. The highest BCUT2D eigenvalue weighted by Gasteiger charge is 2.27. The number of carbonyl (C=O) groups excluding carboxylic acids is 1. The molecule has 0 aliphatic rings. The van der Waals surface area contributed by atoms with Gasteiger partial charge < -0.3 is 15.0 Å². The normalized spacial score (nSPS) is 11.9. The molecule has 0 bridgehead atoms. The number of hydrogen-bond donors (Lipinski definition) is 1. The minimum atomic E-state index is -0.492. The van der Waals surface area contributed by atoms with Crippen molar-refractivity contribution in [3.8, 4) is 0 Å². The van der Waals surface area contributed by atoms with Crippen molar-refractivity contribution < 1.29 is 9.53 Å². The van der Waals surface area contributed by atoms with E-state index >= 15 is 0 Å². The molecule has 0 saturated carbocycles. The number of rotatable bonds is 8. The summed E-state index contributed by atoms with van der Waals surface area (Å²) in [6, 6.07) is 24.0. The fourth-order valence-corrected chi connectivity index (χ4v) is 4.11. The summed E-state index contributed by atoms with van der Waals surface area (Å²) >= 11 is 0. The molecule has 1 aromatic heterocycles. The summed E-state index contributed by atoms with van der Waals surface area (Å²) < 4.78 is 6.88. The number of carbonyl (C=O) groups is 1. The van der Waals surface area contributed by atoms with Gasteiger partial charge in [-0.25, -0.2) is 9.78 Å². The van der Waals surface area contributed by atoms with Gasteiger partial charge in [-0.2, -0.15) is 0 Å². The van der Waals surface area contributed by atoms with E-state index in [2.05, 4.69) is 5.32 Å². The van der Waals surface area contributed by atoms with Crippen molar-refractivity contribution in [1.82, 2.24) is 14.5 Å². The van der Waals surface area contributed by atoms with Gasteiger partial charge in [-0.05, 0) is 43.2 Å². The monoisotopic (exact) mass is 470 g/mol. The van der Waals surface area contributed by atoms with Crippen LogP contribution in [0, 0.1) is 6.92 Å². The highest BCUT2D eigenvalue weighted by molar-refractivity contribution is 5.90. The second kappa shape index (κ2) is 11.0. The Balaban J connectivity index is 1.78. The summed E-state index contributed by atoms with van der Waals surface area (Å²) in [6.45, 7) is 4.90. The van der Waals surface area contributed by atoms with Crippen LogP contribution in [0.1, 0.15) is 29.9 Å². The lowest BCUT2D eigenvalue weighted by molar-refractivity contribution is 0.172. The third kappa shape index (κ3) is 5.41. The number of ether oxygens (including phenoxy) is 1. The van der Waals surface area contributed by atoms with E-state index in [0.717, 1.165) is 16.8 Å². The van der Waals surface area contributed by atoms with Gasteiger partial charge in [-0.1, -0.05) is 60.7 Å². The van der Waals surface area contributed by atoms with E-state index in [1.807, 2.05) is 86.6 Å². The van der Waals surface area contributed by atoms with Gasteiger partial charge in [-0.3, -0.25) is 9.36 Å². The number of amides is 2. The van der Waals surface area contributed by atoms with Crippen LogP contribution in [0.5, 0.6) is 0 Å². The van der Waals surface area contributed by atoms with Crippen LogP contribution in [0.2, 0.25) is 0 Å². The summed E-state index contributed by atoms with van der Waals surface area (Å²) in [7, 11) is 1.60. The minimum absolute atomic E-state index is 0.145. The van der Waals surface area contributed by atoms with E-state index in [1.54, 1.807) is 22.6 Å². The molecule has 0 radical (unpaired) electrons. The second-order valence-corrected chi connectivity index (χ2v) is 8.47. The van der Waals surface area contributed by atoms with Crippen molar-refractivity contribution in [1.29, 1.82) is 0 Å². The van der Waals surface area contributed by atoms with Gasteiger partial charge in [0, 0.05) is 19.3 Å². The molecule has 1 atom stereocenters. The van der Waals surface area contributed by atoms with Gasteiger partial charge in [0.1, 0.15) is 5.82 Å². The van der Waals surface area contributed by atoms with Crippen molar-refractivity contribution in [3.05, 3.63) is 106 Å². The van der Waals surface area contributed by atoms with E-state index in [4.69, 9.17) is 9.72 Å². The largest absolute Gasteiger partial charge is 0.383 e. The molecule has 0 saturated heterocycles. The first-order valence-corrected chi connectivity index (χ1v) is 11.6. The van der Waals surface area contributed by atoms with Crippen LogP contribution in [-0.4, -0.2) is 34.2 Å². The number of urea groups is 1. The Labute approximate surface area is 205 Å². The second-order valence-electron chi connectivity index (χ2n) is 8.47. The molecule has 0 spiro atoms. The fourth-order valence-electron chi connectivity index (χ4n) is 4.11. The maximum absolute atomic E-state index is 13.6. The van der Waals surface area contributed by atoms with Gasteiger partial charge in [-0.15, -0.1) is 0 Å². The summed E-state index contributed by atoms with van der Waals surface area (Å²) in [5.41, 5.74) is 3.14. The van der Waals surface area contributed by atoms with Crippen molar-refractivity contribution >= 4 is 22.6 Å². The molecule has 3 aromatic carbocycles. The number of para-hydroxylation sites is 2. The minimum Gasteiger partial charge on any atom is -0.383 e. The molecule has 4 aromatic rings. The third-order valence-corrected chi connectivity index (χ3v) is 6.09. The number of nitrogens with one attached hydrogen (secondary N) is 1. The molecule has 0 aliphatic heterocycles. The van der Waals surface area contributed by atoms with Gasteiger partial charge in [0.15, 0.2) is 0 Å². The lowest BCUT2D eigenvalue weighted by Crippen LogP contribution is -2.40. The van der Waals surface area contributed by atoms with E-state index in [1.165, 1.54) is 0 Å². The molecular formula is C28H30N4O3. The summed E-state index contributed by atoms with van der Waals surface area (Å²) in [6.07, 6.45) is 0. The van der Waals surface area contributed by atoms with Crippen molar-refractivity contribution in [3.63, 3.8) is 0 Å².